The van der Waals surface area contributed by atoms with Crippen LogP contribution >= 0.6 is 11.8 Å². The lowest BCUT2D eigenvalue weighted by Crippen LogP contribution is -2.17. The molecule has 0 saturated carbocycles. The van der Waals surface area contributed by atoms with Crippen LogP contribution in [0.15, 0.2) is 64.3 Å². The Bertz CT molecular complexity index is 982. The summed E-state index contributed by atoms with van der Waals surface area (Å²) in [6, 6.07) is 16.5. The van der Waals surface area contributed by atoms with Gasteiger partial charge < -0.3 is 14.6 Å². The molecule has 5 nitrogen and oxygen atoms in total. The average Bonchev–Trinajstić information content (AvgIpc) is 2.64. The fourth-order valence-corrected chi connectivity index (χ4v) is 3.45. The zero-order valence-electron chi connectivity index (χ0n) is 14.0. The molecule has 0 bridgehead atoms. The maximum absolute atomic E-state index is 12.3. The summed E-state index contributed by atoms with van der Waals surface area (Å²) in [6.07, 6.45) is 0. The van der Waals surface area contributed by atoms with Gasteiger partial charge in [0.05, 0.1) is 24.1 Å². The molecular formula is C19H18N2O3S. The van der Waals surface area contributed by atoms with Gasteiger partial charge in [-0.1, -0.05) is 30.3 Å². The number of rotatable bonds is 5. The van der Waals surface area contributed by atoms with Gasteiger partial charge in [-0.2, -0.15) is 0 Å². The lowest BCUT2D eigenvalue weighted by molar-refractivity contribution is -0.113. The van der Waals surface area contributed by atoms with Crippen LogP contribution in [0.5, 0.6) is 5.75 Å². The quantitative estimate of drug-likeness (QED) is 0.715. The maximum atomic E-state index is 12.3. The Hall–Kier alpha value is -2.73. The highest BCUT2D eigenvalue weighted by Gasteiger charge is 2.11. The molecule has 0 radical (unpaired) electrons. The van der Waals surface area contributed by atoms with Crippen LogP contribution in [-0.4, -0.2) is 23.3 Å². The summed E-state index contributed by atoms with van der Waals surface area (Å²) in [4.78, 5) is 25.2. The number of hydrogen-bond donors (Lipinski definition) is 1. The second-order valence-corrected chi connectivity index (χ2v) is 6.48. The van der Waals surface area contributed by atoms with Gasteiger partial charge in [-0.05, 0) is 18.2 Å². The first-order valence-corrected chi connectivity index (χ1v) is 8.73. The number of hydrogen-bond acceptors (Lipinski definition) is 4. The first-order valence-electron chi connectivity index (χ1n) is 7.74. The summed E-state index contributed by atoms with van der Waals surface area (Å²) in [6.45, 7) is 0. The highest BCUT2D eigenvalue weighted by atomic mass is 32.2. The molecule has 0 spiro atoms. The van der Waals surface area contributed by atoms with E-state index in [1.807, 2.05) is 36.4 Å². The van der Waals surface area contributed by atoms with E-state index in [4.69, 9.17) is 4.74 Å². The van der Waals surface area contributed by atoms with Crippen molar-refractivity contribution < 1.29 is 9.53 Å². The van der Waals surface area contributed by atoms with E-state index in [0.717, 1.165) is 15.8 Å². The van der Waals surface area contributed by atoms with Crippen molar-refractivity contribution in [2.45, 2.75) is 4.90 Å². The normalized spacial score (nSPS) is 10.6. The van der Waals surface area contributed by atoms with E-state index in [9.17, 15) is 9.59 Å². The van der Waals surface area contributed by atoms with Crippen molar-refractivity contribution in [1.82, 2.24) is 4.57 Å². The van der Waals surface area contributed by atoms with Gasteiger partial charge in [0.25, 0.3) is 5.56 Å². The molecule has 3 rings (SSSR count). The second-order valence-electron chi connectivity index (χ2n) is 5.46. The van der Waals surface area contributed by atoms with Crippen molar-refractivity contribution in [2.24, 2.45) is 7.05 Å². The molecule has 0 aliphatic heterocycles. The third-order valence-electron chi connectivity index (χ3n) is 3.86. The lowest BCUT2D eigenvalue weighted by atomic mass is 10.2. The zero-order chi connectivity index (χ0) is 17.8. The van der Waals surface area contributed by atoms with Crippen molar-refractivity contribution >= 4 is 34.3 Å². The van der Waals surface area contributed by atoms with Crippen LogP contribution in [0.3, 0.4) is 0 Å². The zero-order valence-corrected chi connectivity index (χ0v) is 14.8. The topological polar surface area (TPSA) is 60.3 Å². The number of benzene rings is 2. The number of fused-ring (bicyclic) bond motifs is 1. The molecule has 128 valence electrons. The molecule has 25 heavy (non-hydrogen) atoms. The highest BCUT2D eigenvalue weighted by Crippen LogP contribution is 2.27. The van der Waals surface area contributed by atoms with E-state index in [1.165, 1.54) is 11.8 Å². The van der Waals surface area contributed by atoms with Gasteiger partial charge >= 0.3 is 0 Å². The SMILES string of the molecule is COc1ccccc1NC(=O)CSc1cc(=O)n(C)c2ccccc12. The summed E-state index contributed by atoms with van der Waals surface area (Å²) in [5.74, 6) is 0.661. The van der Waals surface area contributed by atoms with E-state index in [1.54, 1.807) is 36.9 Å². The lowest BCUT2D eigenvalue weighted by Gasteiger charge is -2.11. The number of thioether (sulfide) groups is 1. The molecule has 0 unspecified atom stereocenters. The van der Waals surface area contributed by atoms with E-state index >= 15 is 0 Å². The van der Waals surface area contributed by atoms with Gasteiger partial charge in [0, 0.05) is 23.4 Å². The number of methoxy groups -OCH3 is 1. The van der Waals surface area contributed by atoms with Gasteiger partial charge in [-0.15, -0.1) is 11.8 Å². The van der Waals surface area contributed by atoms with Gasteiger partial charge in [-0.3, -0.25) is 9.59 Å². The highest BCUT2D eigenvalue weighted by molar-refractivity contribution is 8.00. The molecule has 3 aromatic rings. The molecule has 1 aromatic heterocycles. The summed E-state index contributed by atoms with van der Waals surface area (Å²) >= 11 is 1.35. The van der Waals surface area contributed by atoms with Crippen LogP contribution in [0, 0.1) is 0 Å². The Morgan fingerprint density at radius 1 is 1.16 bits per heavy atom. The van der Waals surface area contributed by atoms with Crippen molar-refractivity contribution in [3.05, 3.63) is 65.0 Å². The summed E-state index contributed by atoms with van der Waals surface area (Å²) < 4.78 is 6.84. The Morgan fingerprint density at radius 2 is 1.88 bits per heavy atom. The largest absolute Gasteiger partial charge is 0.495 e. The summed E-state index contributed by atoms with van der Waals surface area (Å²) in [5.41, 5.74) is 1.39. The minimum Gasteiger partial charge on any atom is -0.495 e. The fourth-order valence-electron chi connectivity index (χ4n) is 2.58. The van der Waals surface area contributed by atoms with Gasteiger partial charge in [-0.25, -0.2) is 0 Å². The first kappa shape index (κ1) is 17.1. The minimum atomic E-state index is -0.153. The summed E-state index contributed by atoms with van der Waals surface area (Å²) in [5, 5.41) is 3.80. The molecule has 1 amide bonds. The third kappa shape index (κ3) is 3.69. The predicted molar refractivity (Wildman–Crippen MR) is 102 cm³/mol. The van der Waals surface area contributed by atoms with Crippen molar-refractivity contribution in [3.63, 3.8) is 0 Å². The number of carbonyl (C=O) groups is 1. The predicted octanol–water partition coefficient (Wildman–Crippen LogP) is 3.28. The van der Waals surface area contributed by atoms with E-state index in [0.29, 0.717) is 11.4 Å². The summed E-state index contributed by atoms with van der Waals surface area (Å²) in [7, 11) is 3.30. The van der Waals surface area contributed by atoms with Crippen LogP contribution in [0.25, 0.3) is 10.9 Å². The monoisotopic (exact) mass is 354 g/mol. The van der Waals surface area contributed by atoms with Crippen molar-refractivity contribution in [3.8, 4) is 5.75 Å². The van der Waals surface area contributed by atoms with Crippen LogP contribution < -0.4 is 15.6 Å². The molecule has 0 saturated heterocycles. The average molecular weight is 354 g/mol. The Labute approximate surface area is 149 Å². The molecular weight excluding hydrogens is 336 g/mol. The number of anilines is 1. The van der Waals surface area contributed by atoms with Crippen LogP contribution in [0.4, 0.5) is 5.69 Å². The number of para-hydroxylation sites is 3. The van der Waals surface area contributed by atoms with Crippen molar-refractivity contribution in [1.29, 1.82) is 0 Å². The van der Waals surface area contributed by atoms with Gasteiger partial charge in [0.15, 0.2) is 0 Å². The van der Waals surface area contributed by atoms with Gasteiger partial charge in [0.2, 0.25) is 5.91 Å². The first-order chi connectivity index (χ1) is 12.1. The van der Waals surface area contributed by atoms with Crippen LogP contribution in [-0.2, 0) is 11.8 Å². The standard InChI is InChI=1S/C19H18N2O3S/c1-21-15-9-5-3-7-13(15)17(11-19(21)23)25-12-18(22)20-14-8-4-6-10-16(14)24-2/h3-11H,12H2,1-2H3,(H,20,22). The number of pyridine rings is 1. The molecule has 2 aromatic carbocycles. The number of carbonyl (C=O) groups excluding carboxylic acids is 1. The fraction of sp³-hybridized carbons (Fsp3) is 0.158. The van der Waals surface area contributed by atoms with Crippen LogP contribution in [0.2, 0.25) is 0 Å². The molecule has 0 aliphatic rings. The number of amides is 1. The van der Waals surface area contributed by atoms with E-state index in [2.05, 4.69) is 5.32 Å². The number of nitrogens with zero attached hydrogens (tertiary/aromatic N) is 1. The molecule has 1 heterocycles. The Kier molecular flexibility index (Phi) is 5.09. The number of aryl methyl sites for hydroxylation is 1. The van der Waals surface area contributed by atoms with Gasteiger partial charge in [0.1, 0.15) is 5.75 Å². The maximum Gasteiger partial charge on any atom is 0.251 e. The Morgan fingerprint density at radius 3 is 2.68 bits per heavy atom. The number of ether oxygens (including phenoxy) is 1. The number of nitrogens with one attached hydrogen (secondary N) is 1. The molecule has 0 atom stereocenters. The smallest absolute Gasteiger partial charge is 0.251 e. The minimum absolute atomic E-state index is 0.0914. The molecule has 0 aliphatic carbocycles. The second kappa shape index (κ2) is 7.44. The van der Waals surface area contributed by atoms with E-state index < -0.39 is 0 Å². The Balaban J connectivity index is 1.78. The van der Waals surface area contributed by atoms with Crippen molar-refractivity contribution in [2.75, 3.05) is 18.2 Å². The van der Waals surface area contributed by atoms with E-state index in [-0.39, 0.29) is 17.2 Å². The third-order valence-corrected chi connectivity index (χ3v) is 4.91. The molecule has 1 N–H and O–H groups in total. The number of aromatic nitrogens is 1. The molecule has 6 heteroatoms. The van der Waals surface area contributed by atoms with Crippen LogP contribution in [0.1, 0.15) is 0 Å². The molecule has 0 fully saturated rings.